The Kier molecular flexibility index (Phi) is 4.40. The lowest BCUT2D eigenvalue weighted by molar-refractivity contribution is -0.122. The second-order valence-corrected chi connectivity index (χ2v) is 7.29. The van der Waals surface area contributed by atoms with Crippen LogP contribution in [0.5, 0.6) is 0 Å². The van der Waals surface area contributed by atoms with E-state index in [1.807, 2.05) is 24.4 Å². The van der Waals surface area contributed by atoms with Crippen LogP contribution in [0.4, 0.5) is 0 Å². The first-order valence-electron chi connectivity index (χ1n) is 7.07. The number of nitrogens with one attached hydrogen (secondary N) is 1. The number of halogens is 1. The van der Waals surface area contributed by atoms with E-state index in [0.29, 0.717) is 12.5 Å². The smallest absolute Gasteiger partial charge is 0.223 e. The third-order valence-corrected chi connectivity index (χ3v) is 5.23. The van der Waals surface area contributed by atoms with Crippen LogP contribution in [0, 0.1) is 12.8 Å². The molecule has 110 valence electrons. The standard InChI is InChI=1S/C16H17BrN2OS/c1-10-9-21-15(19-10)5-6-18-16(20)14-8-13(14)11-3-2-4-12(17)7-11/h2-4,7,9,13-14H,5-6,8H2,1H3,(H,18,20)/t13-,14+/m0/s1. The maximum absolute atomic E-state index is 12.1. The summed E-state index contributed by atoms with van der Waals surface area (Å²) in [4.78, 5) is 16.5. The average Bonchev–Trinajstić information content (AvgIpc) is 3.16. The van der Waals surface area contributed by atoms with Gasteiger partial charge in [-0.15, -0.1) is 11.3 Å². The molecule has 1 fully saturated rings. The molecule has 1 aliphatic carbocycles. The van der Waals surface area contributed by atoms with Crippen molar-refractivity contribution in [3.05, 3.63) is 50.4 Å². The summed E-state index contributed by atoms with van der Waals surface area (Å²) >= 11 is 5.14. The minimum atomic E-state index is 0.136. The van der Waals surface area contributed by atoms with Crippen molar-refractivity contribution >= 4 is 33.2 Å². The molecule has 0 radical (unpaired) electrons. The van der Waals surface area contributed by atoms with Crippen LogP contribution in [-0.2, 0) is 11.2 Å². The molecule has 0 aliphatic heterocycles. The number of rotatable bonds is 5. The maximum atomic E-state index is 12.1. The zero-order valence-corrected chi connectivity index (χ0v) is 14.2. The van der Waals surface area contributed by atoms with Gasteiger partial charge >= 0.3 is 0 Å². The lowest BCUT2D eigenvalue weighted by Crippen LogP contribution is -2.27. The Morgan fingerprint density at radius 3 is 3.10 bits per heavy atom. The van der Waals surface area contributed by atoms with Crippen LogP contribution in [-0.4, -0.2) is 17.4 Å². The highest BCUT2D eigenvalue weighted by molar-refractivity contribution is 9.10. The van der Waals surface area contributed by atoms with Crippen molar-refractivity contribution in [2.75, 3.05) is 6.54 Å². The number of carbonyl (C=O) groups is 1. The lowest BCUT2D eigenvalue weighted by atomic mass is 10.1. The van der Waals surface area contributed by atoms with Gasteiger partial charge < -0.3 is 5.32 Å². The van der Waals surface area contributed by atoms with Crippen LogP contribution in [0.1, 0.15) is 28.6 Å². The molecule has 1 aromatic carbocycles. The fraction of sp³-hybridized carbons (Fsp3) is 0.375. The Morgan fingerprint density at radius 2 is 2.38 bits per heavy atom. The van der Waals surface area contributed by atoms with Gasteiger partial charge in [0.2, 0.25) is 5.91 Å². The van der Waals surface area contributed by atoms with Gasteiger partial charge in [-0.05, 0) is 37.0 Å². The molecule has 3 nitrogen and oxygen atoms in total. The summed E-state index contributed by atoms with van der Waals surface area (Å²) in [6.07, 6.45) is 1.77. The average molecular weight is 365 g/mol. The van der Waals surface area contributed by atoms with E-state index in [-0.39, 0.29) is 11.8 Å². The summed E-state index contributed by atoms with van der Waals surface area (Å²) in [6, 6.07) is 8.24. The minimum Gasteiger partial charge on any atom is -0.355 e. The summed E-state index contributed by atoms with van der Waals surface area (Å²) in [6.45, 7) is 2.67. The second-order valence-electron chi connectivity index (χ2n) is 5.43. The number of aryl methyl sites for hydroxylation is 1. The van der Waals surface area contributed by atoms with Crippen LogP contribution >= 0.6 is 27.3 Å². The first-order chi connectivity index (χ1) is 10.1. The van der Waals surface area contributed by atoms with E-state index in [1.54, 1.807) is 11.3 Å². The van der Waals surface area contributed by atoms with E-state index >= 15 is 0 Å². The highest BCUT2D eigenvalue weighted by Crippen LogP contribution is 2.47. The number of nitrogens with zero attached hydrogens (tertiary/aromatic N) is 1. The topological polar surface area (TPSA) is 42.0 Å². The summed E-state index contributed by atoms with van der Waals surface area (Å²) in [5, 5.41) is 6.17. The maximum Gasteiger partial charge on any atom is 0.223 e. The molecule has 5 heteroatoms. The molecular formula is C16H17BrN2OS. The summed E-state index contributed by atoms with van der Waals surface area (Å²) in [7, 11) is 0. The summed E-state index contributed by atoms with van der Waals surface area (Å²) < 4.78 is 1.07. The van der Waals surface area contributed by atoms with Crippen LogP contribution in [0.25, 0.3) is 0 Å². The van der Waals surface area contributed by atoms with Gasteiger partial charge in [0.15, 0.2) is 0 Å². The zero-order chi connectivity index (χ0) is 14.8. The van der Waals surface area contributed by atoms with E-state index in [2.05, 4.69) is 38.4 Å². The van der Waals surface area contributed by atoms with Crippen LogP contribution in [0.2, 0.25) is 0 Å². The van der Waals surface area contributed by atoms with Crippen molar-refractivity contribution in [3.63, 3.8) is 0 Å². The predicted molar refractivity (Wildman–Crippen MR) is 88.6 cm³/mol. The van der Waals surface area contributed by atoms with Crippen molar-refractivity contribution in [1.82, 2.24) is 10.3 Å². The molecule has 1 aromatic heterocycles. The molecule has 0 saturated heterocycles. The van der Waals surface area contributed by atoms with E-state index in [0.717, 1.165) is 28.0 Å². The van der Waals surface area contributed by atoms with Gasteiger partial charge in [0.1, 0.15) is 0 Å². The first-order valence-corrected chi connectivity index (χ1v) is 8.75. The van der Waals surface area contributed by atoms with Crippen molar-refractivity contribution in [2.45, 2.75) is 25.7 Å². The third kappa shape index (κ3) is 3.71. The molecule has 1 aliphatic rings. The van der Waals surface area contributed by atoms with E-state index in [4.69, 9.17) is 0 Å². The molecule has 1 heterocycles. The Bertz CT molecular complexity index is 655. The summed E-state index contributed by atoms with van der Waals surface area (Å²) in [5.74, 6) is 0.690. The predicted octanol–water partition coefficient (Wildman–Crippen LogP) is 3.68. The summed E-state index contributed by atoms with van der Waals surface area (Å²) in [5.41, 5.74) is 2.30. The van der Waals surface area contributed by atoms with Gasteiger partial charge in [-0.3, -0.25) is 4.79 Å². The molecule has 0 unspecified atom stereocenters. The van der Waals surface area contributed by atoms with Crippen molar-refractivity contribution in [2.24, 2.45) is 5.92 Å². The zero-order valence-electron chi connectivity index (χ0n) is 11.8. The number of benzene rings is 1. The van der Waals surface area contributed by atoms with Gasteiger partial charge in [0, 0.05) is 34.4 Å². The van der Waals surface area contributed by atoms with Crippen LogP contribution in [0.15, 0.2) is 34.1 Å². The lowest BCUT2D eigenvalue weighted by Gasteiger charge is -2.04. The molecule has 1 saturated carbocycles. The van der Waals surface area contributed by atoms with Crippen LogP contribution < -0.4 is 5.32 Å². The molecule has 1 N–H and O–H groups in total. The Hall–Kier alpha value is -1.20. The highest BCUT2D eigenvalue weighted by atomic mass is 79.9. The number of thiazole rings is 1. The van der Waals surface area contributed by atoms with E-state index < -0.39 is 0 Å². The Morgan fingerprint density at radius 1 is 1.52 bits per heavy atom. The number of amides is 1. The van der Waals surface area contributed by atoms with E-state index in [1.165, 1.54) is 5.56 Å². The molecule has 3 rings (SSSR count). The molecular weight excluding hydrogens is 348 g/mol. The van der Waals surface area contributed by atoms with Gasteiger partial charge in [-0.1, -0.05) is 28.1 Å². The van der Waals surface area contributed by atoms with Crippen LogP contribution in [0.3, 0.4) is 0 Å². The SMILES string of the molecule is Cc1csc(CCNC(=O)[C@@H]2C[C@H]2c2cccc(Br)c2)n1. The number of hydrogen-bond donors (Lipinski definition) is 1. The number of aromatic nitrogens is 1. The largest absolute Gasteiger partial charge is 0.355 e. The monoisotopic (exact) mass is 364 g/mol. The van der Waals surface area contributed by atoms with Crippen molar-refractivity contribution < 1.29 is 4.79 Å². The molecule has 0 spiro atoms. The van der Waals surface area contributed by atoms with Gasteiger partial charge in [0.25, 0.3) is 0 Å². The minimum absolute atomic E-state index is 0.136. The highest BCUT2D eigenvalue weighted by Gasteiger charge is 2.43. The van der Waals surface area contributed by atoms with Gasteiger partial charge in [-0.2, -0.15) is 0 Å². The fourth-order valence-electron chi connectivity index (χ4n) is 2.53. The molecule has 1 amide bonds. The second kappa shape index (κ2) is 6.28. The van der Waals surface area contributed by atoms with Crippen molar-refractivity contribution in [3.8, 4) is 0 Å². The molecule has 0 bridgehead atoms. The number of hydrogen-bond acceptors (Lipinski definition) is 3. The molecule has 2 aromatic rings. The number of carbonyl (C=O) groups excluding carboxylic acids is 1. The fourth-order valence-corrected chi connectivity index (χ4v) is 3.72. The van der Waals surface area contributed by atoms with E-state index in [9.17, 15) is 4.79 Å². The Balaban J connectivity index is 1.47. The van der Waals surface area contributed by atoms with Gasteiger partial charge in [0.05, 0.1) is 5.01 Å². The first kappa shape index (κ1) is 14.7. The quantitative estimate of drug-likeness (QED) is 0.878. The normalized spacial score (nSPS) is 20.3. The Labute approximate surface area is 136 Å². The third-order valence-electron chi connectivity index (χ3n) is 3.71. The molecule has 2 atom stereocenters. The van der Waals surface area contributed by atoms with Crippen molar-refractivity contribution in [1.29, 1.82) is 0 Å². The molecule has 21 heavy (non-hydrogen) atoms. The van der Waals surface area contributed by atoms with Gasteiger partial charge in [-0.25, -0.2) is 4.98 Å².